The highest BCUT2D eigenvalue weighted by Crippen LogP contribution is 2.36. The lowest BCUT2D eigenvalue weighted by Gasteiger charge is -2.30. The maximum atomic E-state index is 12.1. The van der Waals surface area contributed by atoms with E-state index in [-0.39, 0.29) is 17.9 Å². The summed E-state index contributed by atoms with van der Waals surface area (Å²) in [6.07, 6.45) is 4.87. The van der Waals surface area contributed by atoms with E-state index >= 15 is 0 Å². The molecule has 0 spiro atoms. The van der Waals surface area contributed by atoms with Gasteiger partial charge in [-0.25, -0.2) is 0 Å². The molecule has 0 amide bonds. The Labute approximate surface area is 153 Å². The Morgan fingerprint density at radius 3 is 2.60 bits per heavy atom. The molecule has 25 heavy (non-hydrogen) atoms. The maximum absolute atomic E-state index is 12.1. The predicted molar refractivity (Wildman–Crippen MR) is 101 cm³/mol. The Kier molecular flexibility index (Phi) is 5.27. The number of methoxy groups -OCH3 is 1. The summed E-state index contributed by atoms with van der Waals surface area (Å²) in [6, 6.07) is 5.52. The zero-order chi connectivity index (χ0) is 18.0. The fraction of sp³-hybridized carbons (Fsp3) is 0.474. The van der Waals surface area contributed by atoms with Gasteiger partial charge in [-0.05, 0) is 69.4 Å². The lowest BCUT2D eigenvalue weighted by Crippen LogP contribution is -2.44. The van der Waals surface area contributed by atoms with Gasteiger partial charge in [0.25, 0.3) is 0 Å². The number of carbonyl (C=O) groups excluding carboxylic acids is 1. The van der Waals surface area contributed by atoms with E-state index in [1.165, 1.54) is 12.8 Å². The Bertz CT molecular complexity index is 723. The van der Waals surface area contributed by atoms with Crippen molar-refractivity contribution in [1.29, 1.82) is 0 Å². The number of allylic oxidation sites excluding steroid dienone is 1. The highest BCUT2D eigenvalue weighted by atomic mass is 32.1. The molecular formula is C19H24N2O3S. The van der Waals surface area contributed by atoms with Crippen LogP contribution in [0.3, 0.4) is 0 Å². The minimum atomic E-state index is -0.291. The first-order valence-corrected chi connectivity index (χ1v) is 9.04. The van der Waals surface area contributed by atoms with Gasteiger partial charge in [0.15, 0.2) is 22.4 Å². The Morgan fingerprint density at radius 1 is 1.24 bits per heavy atom. The van der Waals surface area contributed by atoms with Crippen molar-refractivity contribution in [2.24, 2.45) is 0 Å². The van der Waals surface area contributed by atoms with E-state index in [4.69, 9.17) is 21.7 Å². The quantitative estimate of drug-likeness (QED) is 0.785. The highest BCUT2D eigenvalue weighted by molar-refractivity contribution is 7.80. The second-order valence-electron chi connectivity index (χ2n) is 6.56. The van der Waals surface area contributed by atoms with Crippen molar-refractivity contribution < 1.29 is 14.3 Å². The van der Waals surface area contributed by atoms with Crippen LogP contribution in [0.5, 0.6) is 11.5 Å². The first-order chi connectivity index (χ1) is 12.0. The van der Waals surface area contributed by atoms with Crippen LogP contribution in [0.25, 0.3) is 0 Å². The number of carbonyl (C=O) groups is 1. The third-order valence-electron chi connectivity index (χ3n) is 4.77. The van der Waals surface area contributed by atoms with Gasteiger partial charge >= 0.3 is 0 Å². The molecule has 1 aliphatic heterocycles. The van der Waals surface area contributed by atoms with E-state index < -0.39 is 0 Å². The number of rotatable bonds is 5. The molecule has 134 valence electrons. The van der Waals surface area contributed by atoms with Crippen molar-refractivity contribution in [2.45, 2.75) is 51.7 Å². The number of ketones is 1. The molecule has 0 radical (unpaired) electrons. The average Bonchev–Trinajstić information content (AvgIpc) is 3.07. The van der Waals surface area contributed by atoms with E-state index in [9.17, 15) is 4.79 Å². The molecule has 3 rings (SSSR count). The fourth-order valence-corrected chi connectivity index (χ4v) is 3.83. The summed E-state index contributed by atoms with van der Waals surface area (Å²) in [7, 11) is 1.63. The minimum Gasteiger partial charge on any atom is -0.493 e. The zero-order valence-corrected chi connectivity index (χ0v) is 15.7. The third-order valence-corrected chi connectivity index (χ3v) is 4.99. The molecule has 1 fully saturated rings. The predicted octanol–water partition coefficient (Wildman–Crippen LogP) is 3.40. The molecule has 1 aromatic carbocycles. The maximum Gasteiger partial charge on any atom is 0.171 e. The second-order valence-corrected chi connectivity index (χ2v) is 6.97. The van der Waals surface area contributed by atoms with Crippen LogP contribution in [0.4, 0.5) is 0 Å². The van der Waals surface area contributed by atoms with Crippen LogP contribution in [-0.2, 0) is 4.79 Å². The van der Waals surface area contributed by atoms with Crippen LogP contribution in [0.15, 0.2) is 29.5 Å². The van der Waals surface area contributed by atoms with Gasteiger partial charge in [0.2, 0.25) is 0 Å². The van der Waals surface area contributed by atoms with Crippen LogP contribution < -0.4 is 20.1 Å². The molecule has 1 aliphatic carbocycles. The van der Waals surface area contributed by atoms with E-state index in [0.29, 0.717) is 16.4 Å². The Hall–Kier alpha value is -2.08. The normalized spacial score (nSPS) is 20.9. The van der Waals surface area contributed by atoms with Crippen molar-refractivity contribution in [2.75, 3.05) is 7.11 Å². The van der Waals surface area contributed by atoms with Crippen molar-refractivity contribution >= 4 is 23.1 Å². The summed E-state index contributed by atoms with van der Waals surface area (Å²) < 4.78 is 11.6. The largest absolute Gasteiger partial charge is 0.493 e. The van der Waals surface area contributed by atoms with Crippen molar-refractivity contribution in [1.82, 2.24) is 10.6 Å². The molecular weight excluding hydrogens is 336 g/mol. The molecule has 5 nitrogen and oxygen atoms in total. The summed E-state index contributed by atoms with van der Waals surface area (Å²) in [5, 5.41) is 6.72. The topological polar surface area (TPSA) is 59.6 Å². The molecule has 1 atom stereocenters. The van der Waals surface area contributed by atoms with Crippen LogP contribution in [0, 0.1) is 0 Å². The molecule has 1 saturated carbocycles. The van der Waals surface area contributed by atoms with Gasteiger partial charge in [-0.2, -0.15) is 0 Å². The Balaban J connectivity index is 1.92. The summed E-state index contributed by atoms with van der Waals surface area (Å²) in [4.78, 5) is 12.1. The smallest absolute Gasteiger partial charge is 0.171 e. The summed E-state index contributed by atoms with van der Waals surface area (Å²) in [5.41, 5.74) is 2.38. The molecule has 1 aromatic rings. The van der Waals surface area contributed by atoms with Gasteiger partial charge in [0, 0.05) is 11.3 Å². The molecule has 0 bridgehead atoms. The molecule has 1 heterocycles. The molecule has 1 unspecified atom stereocenters. The molecule has 2 N–H and O–H groups in total. The van der Waals surface area contributed by atoms with E-state index in [0.717, 1.165) is 29.9 Å². The summed E-state index contributed by atoms with van der Waals surface area (Å²) in [5.74, 6) is 1.44. The zero-order valence-electron chi connectivity index (χ0n) is 14.8. The van der Waals surface area contributed by atoms with Gasteiger partial charge in [-0.15, -0.1) is 0 Å². The van der Waals surface area contributed by atoms with Crippen LogP contribution >= 0.6 is 12.2 Å². The summed E-state index contributed by atoms with van der Waals surface area (Å²) >= 11 is 5.26. The SMILES string of the molecule is COc1cc(C2NC(=S)NC(C)=C2C(C)=O)ccc1OC1CCCC1. The third kappa shape index (κ3) is 3.79. The van der Waals surface area contributed by atoms with Crippen LogP contribution in [0.1, 0.15) is 51.1 Å². The first kappa shape index (κ1) is 17.7. The molecule has 6 heteroatoms. The number of ether oxygens (including phenoxy) is 2. The number of hydrogen-bond acceptors (Lipinski definition) is 4. The minimum absolute atomic E-state index is 0.00949. The van der Waals surface area contributed by atoms with Crippen molar-refractivity contribution in [3.05, 3.63) is 35.0 Å². The monoisotopic (exact) mass is 360 g/mol. The molecule has 0 aromatic heterocycles. The molecule has 2 aliphatic rings. The average molecular weight is 360 g/mol. The number of nitrogens with one attached hydrogen (secondary N) is 2. The number of thiocarbonyl (C=S) groups is 1. The number of Topliss-reactive ketones (excluding diaryl/α,β-unsaturated/α-hetero) is 1. The molecule has 0 saturated heterocycles. The van der Waals surface area contributed by atoms with Gasteiger partial charge in [0.05, 0.1) is 19.3 Å². The van der Waals surface area contributed by atoms with Gasteiger partial charge in [-0.3, -0.25) is 4.79 Å². The first-order valence-electron chi connectivity index (χ1n) is 8.63. The van der Waals surface area contributed by atoms with E-state index in [1.807, 2.05) is 25.1 Å². The highest BCUT2D eigenvalue weighted by Gasteiger charge is 2.28. The number of benzene rings is 1. The van der Waals surface area contributed by atoms with Crippen molar-refractivity contribution in [3.63, 3.8) is 0 Å². The lowest BCUT2D eigenvalue weighted by atomic mass is 9.93. The van der Waals surface area contributed by atoms with Crippen molar-refractivity contribution in [3.8, 4) is 11.5 Å². The standard InChI is InChI=1S/C19H24N2O3S/c1-11-17(12(2)22)18(21-19(25)20-11)13-8-9-15(16(10-13)23-3)24-14-6-4-5-7-14/h8-10,14,18H,4-7H2,1-3H3,(H2,20,21,25). The van der Waals surface area contributed by atoms with E-state index in [2.05, 4.69) is 10.6 Å². The van der Waals surface area contributed by atoms with Gasteiger partial charge in [0.1, 0.15) is 0 Å². The Morgan fingerprint density at radius 2 is 1.96 bits per heavy atom. The van der Waals surface area contributed by atoms with Gasteiger partial charge < -0.3 is 20.1 Å². The number of hydrogen-bond donors (Lipinski definition) is 2. The fourth-order valence-electron chi connectivity index (χ4n) is 3.56. The summed E-state index contributed by atoms with van der Waals surface area (Å²) in [6.45, 7) is 3.43. The van der Waals surface area contributed by atoms with Gasteiger partial charge in [-0.1, -0.05) is 6.07 Å². The van der Waals surface area contributed by atoms with Crippen LogP contribution in [-0.4, -0.2) is 24.1 Å². The van der Waals surface area contributed by atoms with Crippen LogP contribution in [0.2, 0.25) is 0 Å². The second kappa shape index (κ2) is 7.44. The van der Waals surface area contributed by atoms with E-state index in [1.54, 1.807) is 14.0 Å². The lowest BCUT2D eigenvalue weighted by molar-refractivity contribution is -0.114.